The first-order chi connectivity index (χ1) is 10.1. The van der Waals surface area contributed by atoms with Gasteiger partial charge in [0.1, 0.15) is 5.84 Å². The first kappa shape index (κ1) is 15.1. The van der Waals surface area contributed by atoms with Crippen LogP contribution >= 0.6 is 0 Å². The van der Waals surface area contributed by atoms with Crippen molar-refractivity contribution in [2.24, 2.45) is 4.99 Å². The molecule has 1 aliphatic rings. The summed E-state index contributed by atoms with van der Waals surface area (Å²) in [6.07, 6.45) is 0. The summed E-state index contributed by atoms with van der Waals surface area (Å²) in [6.45, 7) is 1.78. The highest BCUT2D eigenvalue weighted by Gasteiger charge is 2.16. The number of nitroso groups, excluding NO2 is 1. The Morgan fingerprint density at radius 2 is 2.10 bits per heavy atom. The molecule has 2 rings (SSSR count). The molecule has 0 atom stereocenters. The van der Waals surface area contributed by atoms with Crippen molar-refractivity contribution < 1.29 is 9.55 Å². The standard InChI is InChI=1S/C14H19N5O2/c1-18(2)8-7-15-14(20)12-5-3-11(4-6-12)13-16-9-19(21)10-17-13/h3-6H,7-10H2,1-2H3,(H-,15,16,17,20)/p+1. The third kappa shape index (κ3) is 4.35. The molecule has 0 saturated heterocycles. The number of aliphatic imine (C=N–C) groups is 1. The third-order valence-electron chi connectivity index (χ3n) is 3.07. The second-order valence-electron chi connectivity index (χ2n) is 5.10. The Hall–Kier alpha value is -2.28. The number of hydrogen-bond donors (Lipinski definition) is 2. The average Bonchev–Trinajstić information content (AvgIpc) is 2.48. The Bertz CT molecular complexity index is 551. The predicted octanol–water partition coefficient (Wildman–Crippen LogP) is 0.0217. The maximum atomic E-state index is 11.9. The lowest BCUT2D eigenvalue weighted by Crippen LogP contribution is -2.37. The number of nitrogens with zero attached hydrogens (tertiary/aromatic N) is 3. The van der Waals surface area contributed by atoms with E-state index in [1.807, 2.05) is 31.1 Å². The van der Waals surface area contributed by atoms with Gasteiger partial charge in [-0.2, -0.15) is 4.99 Å². The summed E-state index contributed by atoms with van der Waals surface area (Å²) < 4.78 is 0.829. The van der Waals surface area contributed by atoms with Gasteiger partial charge < -0.3 is 15.5 Å². The number of nitrogens with one attached hydrogen (secondary N) is 2. The second-order valence-corrected chi connectivity index (χ2v) is 5.10. The minimum absolute atomic E-state index is 0.0901. The molecule has 0 aromatic heterocycles. The molecular formula is C14H20N5O2+. The largest absolute Gasteiger partial charge is 0.351 e. The molecule has 1 heterocycles. The number of amidine groups is 1. The van der Waals surface area contributed by atoms with Crippen LogP contribution < -0.4 is 10.6 Å². The average molecular weight is 290 g/mol. The Labute approximate surface area is 123 Å². The fourth-order valence-electron chi connectivity index (χ4n) is 1.89. The minimum Gasteiger partial charge on any atom is -0.351 e. The van der Waals surface area contributed by atoms with Crippen LogP contribution in [0.5, 0.6) is 0 Å². The molecule has 1 aromatic carbocycles. The molecule has 1 aliphatic heterocycles. The smallest absolute Gasteiger partial charge is 0.287 e. The predicted molar refractivity (Wildman–Crippen MR) is 80.4 cm³/mol. The lowest BCUT2D eigenvalue weighted by atomic mass is 10.1. The van der Waals surface area contributed by atoms with Crippen molar-refractivity contribution in [3.05, 3.63) is 40.3 Å². The fourth-order valence-corrected chi connectivity index (χ4v) is 1.89. The summed E-state index contributed by atoms with van der Waals surface area (Å²) in [4.78, 5) is 29.1. The summed E-state index contributed by atoms with van der Waals surface area (Å²) in [5, 5.41) is 5.80. The van der Waals surface area contributed by atoms with Crippen molar-refractivity contribution in [2.75, 3.05) is 40.5 Å². The number of benzene rings is 1. The van der Waals surface area contributed by atoms with E-state index < -0.39 is 0 Å². The summed E-state index contributed by atoms with van der Waals surface area (Å²) in [6, 6.07) is 7.17. The number of rotatable bonds is 5. The molecule has 1 aromatic rings. The number of amides is 1. The molecule has 2 N–H and O–H groups in total. The normalized spacial score (nSPS) is 14.6. The summed E-state index contributed by atoms with van der Waals surface area (Å²) in [5.74, 6) is 0.592. The number of carbonyl (C=O) groups is 1. The Morgan fingerprint density at radius 3 is 2.67 bits per heavy atom. The molecule has 7 nitrogen and oxygen atoms in total. The zero-order valence-electron chi connectivity index (χ0n) is 12.3. The van der Waals surface area contributed by atoms with E-state index in [1.165, 1.54) is 0 Å². The van der Waals surface area contributed by atoms with E-state index in [0.717, 1.165) is 16.9 Å². The SMILES string of the molecule is CN(C)CCNC(=O)c1ccc(C2=NC[N+](=O)CN2)cc1. The van der Waals surface area contributed by atoms with Gasteiger partial charge in [-0.15, -0.1) is 0 Å². The zero-order chi connectivity index (χ0) is 15.2. The lowest BCUT2D eigenvalue weighted by molar-refractivity contribution is -0.552. The van der Waals surface area contributed by atoms with Crippen LogP contribution in [0.1, 0.15) is 15.9 Å². The van der Waals surface area contributed by atoms with Gasteiger partial charge in [0, 0.05) is 33.9 Å². The highest BCUT2D eigenvalue weighted by atomic mass is 16.3. The van der Waals surface area contributed by atoms with Crippen molar-refractivity contribution in [1.29, 1.82) is 0 Å². The van der Waals surface area contributed by atoms with E-state index in [-0.39, 0.29) is 19.2 Å². The topological polar surface area (TPSA) is 76.8 Å². The van der Waals surface area contributed by atoms with Crippen LogP contribution in [0.15, 0.2) is 29.3 Å². The van der Waals surface area contributed by atoms with Gasteiger partial charge in [0.25, 0.3) is 19.2 Å². The quantitative estimate of drug-likeness (QED) is 0.750. The van der Waals surface area contributed by atoms with Gasteiger partial charge in [-0.3, -0.25) is 4.79 Å². The van der Waals surface area contributed by atoms with Crippen LogP contribution in [0.25, 0.3) is 0 Å². The van der Waals surface area contributed by atoms with Crippen LogP contribution in [0.2, 0.25) is 0 Å². The molecule has 112 valence electrons. The van der Waals surface area contributed by atoms with Gasteiger partial charge in [-0.25, -0.2) is 0 Å². The van der Waals surface area contributed by atoms with E-state index >= 15 is 0 Å². The molecule has 21 heavy (non-hydrogen) atoms. The summed E-state index contributed by atoms with van der Waals surface area (Å²) >= 11 is 0. The minimum atomic E-state index is -0.0901. The first-order valence-electron chi connectivity index (χ1n) is 6.80. The molecule has 0 radical (unpaired) electrons. The summed E-state index contributed by atoms with van der Waals surface area (Å²) in [7, 11) is 3.92. The molecular weight excluding hydrogens is 270 g/mol. The molecule has 0 unspecified atom stereocenters. The number of likely N-dealkylation sites (N-methyl/N-ethyl adjacent to an activating group) is 1. The van der Waals surface area contributed by atoms with Crippen LogP contribution in [0.4, 0.5) is 0 Å². The Kier molecular flexibility index (Phi) is 4.99. The van der Waals surface area contributed by atoms with Crippen molar-refractivity contribution in [3.8, 4) is 0 Å². The lowest BCUT2D eigenvalue weighted by Gasteiger charge is -2.12. The maximum Gasteiger partial charge on any atom is 0.287 e. The molecule has 0 aliphatic carbocycles. The molecule has 7 heteroatoms. The molecule has 1 amide bonds. The highest BCUT2D eigenvalue weighted by Crippen LogP contribution is 2.06. The maximum absolute atomic E-state index is 11.9. The highest BCUT2D eigenvalue weighted by molar-refractivity contribution is 6.00. The number of hydrogen-bond acceptors (Lipinski definition) is 5. The second kappa shape index (κ2) is 6.94. The van der Waals surface area contributed by atoms with Gasteiger partial charge in [-0.1, -0.05) is 12.1 Å². The van der Waals surface area contributed by atoms with E-state index in [1.54, 1.807) is 12.1 Å². The van der Waals surface area contributed by atoms with Crippen molar-refractivity contribution in [3.63, 3.8) is 0 Å². The van der Waals surface area contributed by atoms with Gasteiger partial charge in [0.05, 0.1) is 0 Å². The van der Waals surface area contributed by atoms with Gasteiger partial charge in [0.15, 0.2) is 0 Å². The summed E-state index contributed by atoms with van der Waals surface area (Å²) in [5.41, 5.74) is 1.48. The first-order valence-corrected chi connectivity index (χ1v) is 6.80. The molecule has 0 bridgehead atoms. The van der Waals surface area contributed by atoms with E-state index in [2.05, 4.69) is 15.6 Å². The fraction of sp³-hybridized carbons (Fsp3) is 0.429. The van der Waals surface area contributed by atoms with E-state index in [9.17, 15) is 9.70 Å². The van der Waals surface area contributed by atoms with Gasteiger partial charge in [-0.05, 0) is 26.2 Å². The van der Waals surface area contributed by atoms with Crippen LogP contribution in [0, 0.1) is 4.91 Å². The van der Waals surface area contributed by atoms with E-state index in [0.29, 0.717) is 17.9 Å². The van der Waals surface area contributed by atoms with Gasteiger partial charge >= 0.3 is 0 Å². The van der Waals surface area contributed by atoms with Crippen molar-refractivity contribution in [1.82, 2.24) is 15.5 Å². The van der Waals surface area contributed by atoms with Crippen LogP contribution in [-0.2, 0) is 0 Å². The Balaban J connectivity index is 1.95. The zero-order valence-corrected chi connectivity index (χ0v) is 12.3. The van der Waals surface area contributed by atoms with Crippen LogP contribution in [0.3, 0.4) is 0 Å². The van der Waals surface area contributed by atoms with E-state index in [4.69, 9.17) is 0 Å². The monoisotopic (exact) mass is 290 g/mol. The van der Waals surface area contributed by atoms with Crippen molar-refractivity contribution in [2.45, 2.75) is 0 Å². The molecule has 0 saturated carbocycles. The number of carbonyl (C=O) groups excluding carboxylic acids is 1. The third-order valence-corrected chi connectivity index (χ3v) is 3.07. The van der Waals surface area contributed by atoms with Crippen LogP contribution in [-0.4, -0.2) is 61.9 Å². The van der Waals surface area contributed by atoms with Crippen molar-refractivity contribution >= 4 is 11.7 Å². The molecule has 0 spiro atoms. The van der Waals surface area contributed by atoms with Gasteiger partial charge in [0.2, 0.25) is 0 Å². The molecule has 0 fully saturated rings. The Morgan fingerprint density at radius 1 is 1.38 bits per heavy atom.